The Morgan fingerprint density at radius 1 is 1.04 bits per heavy atom. The van der Waals surface area contributed by atoms with Crippen LogP contribution in [0.25, 0.3) is 0 Å². The van der Waals surface area contributed by atoms with Crippen LogP contribution in [-0.2, 0) is 14.3 Å². The Hall–Kier alpha value is -2.61. The lowest BCUT2D eigenvalue weighted by molar-refractivity contribution is -0.146. The Morgan fingerprint density at radius 3 is 1.96 bits per heavy atom. The van der Waals surface area contributed by atoms with E-state index >= 15 is 0 Å². The number of rotatable bonds is 8. The van der Waals surface area contributed by atoms with E-state index in [1.54, 1.807) is 52.0 Å². The van der Waals surface area contributed by atoms with Gasteiger partial charge in [-0.15, -0.1) is 0 Å². The number of methoxy groups -OCH3 is 1. The lowest BCUT2D eigenvalue weighted by Crippen LogP contribution is -2.52. The fourth-order valence-corrected chi connectivity index (χ4v) is 2.64. The molecule has 1 aromatic rings. The van der Waals surface area contributed by atoms with Crippen LogP contribution in [-0.4, -0.2) is 47.2 Å². The average molecular weight is 394 g/mol. The summed E-state index contributed by atoms with van der Waals surface area (Å²) in [6.45, 7) is 8.22. The van der Waals surface area contributed by atoms with Crippen molar-refractivity contribution >= 4 is 18.0 Å². The van der Waals surface area contributed by atoms with Crippen LogP contribution in [0.2, 0.25) is 0 Å². The molecule has 0 aromatic heterocycles. The van der Waals surface area contributed by atoms with Crippen molar-refractivity contribution in [3.8, 4) is 5.75 Å². The molecule has 0 saturated heterocycles. The molecule has 1 aromatic carbocycles. The van der Waals surface area contributed by atoms with E-state index in [4.69, 9.17) is 15.2 Å². The Labute approximate surface area is 165 Å². The Balaban J connectivity index is 3.52. The summed E-state index contributed by atoms with van der Waals surface area (Å²) in [6.07, 6.45) is -1.42. The molecule has 28 heavy (non-hydrogen) atoms. The first-order valence-corrected chi connectivity index (χ1v) is 9.17. The van der Waals surface area contributed by atoms with E-state index in [0.29, 0.717) is 11.3 Å². The predicted octanol–water partition coefficient (Wildman–Crippen LogP) is 2.81. The van der Waals surface area contributed by atoms with Crippen LogP contribution in [0.5, 0.6) is 5.75 Å². The minimum absolute atomic E-state index is 0.251. The highest BCUT2D eigenvalue weighted by Gasteiger charge is 2.41. The van der Waals surface area contributed by atoms with Gasteiger partial charge in [0.2, 0.25) is 5.91 Å². The number of hydrogen-bond donors (Lipinski definition) is 2. The lowest BCUT2D eigenvalue weighted by atomic mass is 9.91. The third-order valence-corrected chi connectivity index (χ3v) is 4.37. The largest absolute Gasteiger partial charge is 0.497 e. The van der Waals surface area contributed by atoms with Crippen molar-refractivity contribution in [2.75, 3.05) is 7.11 Å². The maximum absolute atomic E-state index is 13.1. The molecule has 0 radical (unpaired) electrons. The first-order valence-electron chi connectivity index (χ1n) is 9.17. The molecular formula is C20H30N2O6. The van der Waals surface area contributed by atoms with Crippen molar-refractivity contribution < 1.29 is 29.0 Å². The topological polar surface area (TPSA) is 119 Å². The number of imide groups is 1. The summed E-state index contributed by atoms with van der Waals surface area (Å²) in [5.41, 5.74) is 6.46. The second-order valence-electron chi connectivity index (χ2n) is 7.26. The van der Waals surface area contributed by atoms with Crippen molar-refractivity contribution in [2.24, 2.45) is 17.6 Å². The quantitative estimate of drug-likeness (QED) is 0.696. The highest BCUT2D eigenvalue weighted by molar-refractivity contribution is 5.96. The molecule has 0 aliphatic rings. The van der Waals surface area contributed by atoms with E-state index in [-0.39, 0.29) is 5.92 Å². The highest BCUT2D eigenvalue weighted by Crippen LogP contribution is 2.32. The molecule has 156 valence electrons. The second kappa shape index (κ2) is 10.1. The van der Waals surface area contributed by atoms with Crippen LogP contribution in [0.4, 0.5) is 4.79 Å². The zero-order valence-corrected chi connectivity index (χ0v) is 17.2. The van der Waals surface area contributed by atoms with Gasteiger partial charge in [0.05, 0.1) is 31.2 Å². The van der Waals surface area contributed by atoms with Gasteiger partial charge in [-0.25, -0.2) is 9.69 Å². The van der Waals surface area contributed by atoms with Crippen LogP contribution in [0.1, 0.15) is 46.2 Å². The van der Waals surface area contributed by atoms with Crippen molar-refractivity contribution in [3.63, 3.8) is 0 Å². The number of carbonyl (C=O) groups excluding carboxylic acids is 2. The SMILES string of the molecule is COc1ccc(C(C(C)C(=O)O)N(C(=O)OC(C)C)C(=O)[C@@H](N)C(C)C)cc1. The molecule has 8 heteroatoms. The smallest absolute Gasteiger partial charge is 0.417 e. The molecule has 0 heterocycles. The van der Waals surface area contributed by atoms with Gasteiger partial charge in [0.1, 0.15) is 5.75 Å². The number of nitrogens with zero attached hydrogens (tertiary/aromatic N) is 1. The molecule has 0 fully saturated rings. The third kappa shape index (κ3) is 5.69. The van der Waals surface area contributed by atoms with Gasteiger partial charge in [-0.1, -0.05) is 26.0 Å². The molecule has 0 aliphatic carbocycles. The minimum atomic E-state index is -1.16. The molecular weight excluding hydrogens is 364 g/mol. The van der Waals surface area contributed by atoms with Crippen LogP contribution in [0, 0.1) is 11.8 Å². The maximum atomic E-state index is 13.1. The monoisotopic (exact) mass is 394 g/mol. The fourth-order valence-electron chi connectivity index (χ4n) is 2.64. The molecule has 8 nitrogen and oxygen atoms in total. The molecule has 2 amide bonds. The molecule has 1 rings (SSSR count). The van der Waals surface area contributed by atoms with Crippen LogP contribution >= 0.6 is 0 Å². The summed E-state index contributed by atoms with van der Waals surface area (Å²) < 4.78 is 10.4. The number of carboxylic acid groups (broad SMARTS) is 1. The van der Waals surface area contributed by atoms with Gasteiger partial charge in [-0.3, -0.25) is 9.59 Å². The highest BCUT2D eigenvalue weighted by atomic mass is 16.6. The maximum Gasteiger partial charge on any atom is 0.417 e. The zero-order chi connectivity index (χ0) is 21.6. The van der Waals surface area contributed by atoms with E-state index in [0.717, 1.165) is 4.90 Å². The van der Waals surface area contributed by atoms with Gasteiger partial charge in [0.15, 0.2) is 0 Å². The lowest BCUT2D eigenvalue weighted by Gasteiger charge is -2.35. The molecule has 0 spiro atoms. The van der Waals surface area contributed by atoms with E-state index in [1.807, 2.05) is 0 Å². The predicted molar refractivity (Wildman–Crippen MR) is 104 cm³/mol. The van der Waals surface area contributed by atoms with Gasteiger partial charge >= 0.3 is 12.1 Å². The van der Waals surface area contributed by atoms with E-state index < -0.39 is 42.1 Å². The van der Waals surface area contributed by atoms with Crippen molar-refractivity contribution in [3.05, 3.63) is 29.8 Å². The van der Waals surface area contributed by atoms with Crippen LogP contribution in [0.3, 0.4) is 0 Å². The number of amides is 2. The number of carbonyl (C=O) groups is 3. The summed E-state index contributed by atoms with van der Waals surface area (Å²) in [7, 11) is 1.50. The molecule has 0 bridgehead atoms. The normalized spacial score (nSPS) is 14.3. The van der Waals surface area contributed by atoms with Crippen molar-refractivity contribution in [1.29, 1.82) is 0 Å². The Kier molecular flexibility index (Phi) is 8.43. The van der Waals surface area contributed by atoms with Gasteiger partial charge in [-0.2, -0.15) is 0 Å². The van der Waals surface area contributed by atoms with E-state index in [2.05, 4.69) is 0 Å². The summed E-state index contributed by atoms with van der Waals surface area (Å²) in [4.78, 5) is 38.5. The van der Waals surface area contributed by atoms with Crippen molar-refractivity contribution in [2.45, 2.75) is 52.8 Å². The number of carboxylic acids is 1. The Bertz CT molecular complexity index is 686. The van der Waals surface area contributed by atoms with E-state index in [9.17, 15) is 19.5 Å². The second-order valence-corrected chi connectivity index (χ2v) is 7.26. The number of hydrogen-bond acceptors (Lipinski definition) is 6. The molecule has 0 saturated carbocycles. The van der Waals surface area contributed by atoms with Gasteiger partial charge in [0.25, 0.3) is 0 Å². The third-order valence-electron chi connectivity index (χ3n) is 4.37. The summed E-state index contributed by atoms with van der Waals surface area (Å²) in [6, 6.07) is 4.43. The zero-order valence-electron chi connectivity index (χ0n) is 17.2. The average Bonchev–Trinajstić information content (AvgIpc) is 2.63. The first-order chi connectivity index (χ1) is 13.0. The number of benzene rings is 1. The molecule has 3 atom stereocenters. The molecule has 3 N–H and O–H groups in total. The van der Waals surface area contributed by atoms with Gasteiger partial charge < -0.3 is 20.3 Å². The number of ether oxygens (including phenoxy) is 2. The molecule has 0 aliphatic heterocycles. The minimum Gasteiger partial charge on any atom is -0.497 e. The molecule has 2 unspecified atom stereocenters. The number of nitrogens with two attached hydrogens (primary N) is 1. The van der Waals surface area contributed by atoms with Gasteiger partial charge in [-0.05, 0) is 44.4 Å². The fraction of sp³-hybridized carbons (Fsp3) is 0.550. The van der Waals surface area contributed by atoms with Gasteiger partial charge in [0, 0.05) is 0 Å². The Morgan fingerprint density at radius 2 is 1.57 bits per heavy atom. The van der Waals surface area contributed by atoms with Crippen LogP contribution in [0.15, 0.2) is 24.3 Å². The van der Waals surface area contributed by atoms with Crippen LogP contribution < -0.4 is 10.5 Å². The standard InChI is InChI=1S/C20H30N2O6/c1-11(2)16(21)18(23)22(20(26)28-12(3)4)17(13(5)19(24)25)14-7-9-15(27-6)10-8-14/h7-13,16-17H,21H2,1-6H3,(H,24,25)/t13?,16-,17?/m0/s1. The first kappa shape index (κ1) is 23.4. The summed E-state index contributed by atoms with van der Waals surface area (Å²) in [5, 5.41) is 9.61. The summed E-state index contributed by atoms with van der Waals surface area (Å²) >= 11 is 0. The van der Waals surface area contributed by atoms with Crippen molar-refractivity contribution in [1.82, 2.24) is 4.90 Å². The van der Waals surface area contributed by atoms with E-state index in [1.165, 1.54) is 14.0 Å². The number of aliphatic carboxylic acids is 1. The summed E-state index contributed by atoms with van der Waals surface area (Å²) in [5.74, 6) is -2.62.